The van der Waals surface area contributed by atoms with Crippen LogP contribution in [0.25, 0.3) is 0 Å². The first kappa shape index (κ1) is 8.99. The molecule has 1 amide bonds. The molecule has 1 aliphatic rings. The van der Waals surface area contributed by atoms with E-state index in [0.29, 0.717) is 6.54 Å². The molecule has 5 nitrogen and oxygen atoms in total. The van der Waals surface area contributed by atoms with Crippen LogP contribution in [0.5, 0.6) is 0 Å². The monoisotopic (exact) mass is 172 g/mol. The molecule has 0 spiro atoms. The highest BCUT2D eigenvalue weighted by Gasteiger charge is 2.23. The summed E-state index contributed by atoms with van der Waals surface area (Å²) in [4.78, 5) is 22.7. The second kappa shape index (κ2) is 3.53. The van der Waals surface area contributed by atoms with E-state index < -0.39 is 5.97 Å². The molecule has 0 saturated carbocycles. The molecule has 1 saturated heterocycles. The Morgan fingerprint density at radius 2 is 2.50 bits per heavy atom. The van der Waals surface area contributed by atoms with Crippen LogP contribution in [0.3, 0.4) is 0 Å². The number of carbonyl (C=O) groups is 2. The van der Waals surface area contributed by atoms with Crippen LogP contribution in [-0.2, 0) is 9.59 Å². The van der Waals surface area contributed by atoms with Crippen molar-refractivity contribution in [1.29, 1.82) is 0 Å². The standard InChI is InChI=1S/C7H12N2O3/c1-5-3-9(4-7(11)12)6(10)2-8-5/h5,8H,2-4H2,1H3,(H,11,12)/t5-/m0/s1. The minimum absolute atomic E-state index is 0.143. The van der Waals surface area contributed by atoms with Crippen LogP contribution in [0.1, 0.15) is 6.92 Å². The summed E-state index contributed by atoms with van der Waals surface area (Å²) in [6, 6.07) is 0.182. The molecule has 2 N–H and O–H groups in total. The van der Waals surface area contributed by atoms with E-state index in [-0.39, 0.29) is 25.0 Å². The van der Waals surface area contributed by atoms with Gasteiger partial charge in [0.05, 0.1) is 6.54 Å². The minimum Gasteiger partial charge on any atom is -0.480 e. The lowest BCUT2D eigenvalue weighted by molar-refractivity contribution is -0.145. The molecule has 1 rings (SSSR count). The van der Waals surface area contributed by atoms with Crippen LogP contribution in [0, 0.1) is 0 Å². The van der Waals surface area contributed by atoms with Crippen LogP contribution in [0.4, 0.5) is 0 Å². The van der Waals surface area contributed by atoms with E-state index in [4.69, 9.17) is 5.11 Å². The van der Waals surface area contributed by atoms with Crippen molar-refractivity contribution in [3.63, 3.8) is 0 Å². The van der Waals surface area contributed by atoms with Gasteiger partial charge in [-0.15, -0.1) is 0 Å². The number of carboxylic acid groups (broad SMARTS) is 1. The highest BCUT2D eigenvalue weighted by Crippen LogP contribution is 1.98. The second-order valence-corrected chi connectivity index (χ2v) is 2.95. The van der Waals surface area contributed by atoms with Crippen LogP contribution in [0.15, 0.2) is 0 Å². The third-order valence-corrected chi connectivity index (χ3v) is 1.77. The number of nitrogens with one attached hydrogen (secondary N) is 1. The molecule has 0 aromatic rings. The fraction of sp³-hybridized carbons (Fsp3) is 0.714. The molecule has 5 heteroatoms. The van der Waals surface area contributed by atoms with E-state index in [2.05, 4.69) is 5.32 Å². The number of aliphatic carboxylic acids is 1. The van der Waals surface area contributed by atoms with E-state index >= 15 is 0 Å². The zero-order valence-electron chi connectivity index (χ0n) is 6.91. The number of hydrogen-bond donors (Lipinski definition) is 2. The smallest absolute Gasteiger partial charge is 0.323 e. The van der Waals surface area contributed by atoms with Crippen molar-refractivity contribution in [1.82, 2.24) is 10.2 Å². The van der Waals surface area contributed by atoms with Gasteiger partial charge in [-0.2, -0.15) is 0 Å². The van der Waals surface area contributed by atoms with Gasteiger partial charge in [-0.1, -0.05) is 0 Å². The van der Waals surface area contributed by atoms with Crippen molar-refractivity contribution in [3.05, 3.63) is 0 Å². The molecular weight excluding hydrogens is 160 g/mol. The number of hydrogen-bond acceptors (Lipinski definition) is 3. The number of rotatable bonds is 2. The summed E-state index contributed by atoms with van der Waals surface area (Å²) in [6.45, 7) is 2.45. The highest BCUT2D eigenvalue weighted by atomic mass is 16.4. The molecule has 0 aromatic heterocycles. The van der Waals surface area contributed by atoms with Crippen molar-refractivity contribution in [2.75, 3.05) is 19.6 Å². The lowest BCUT2D eigenvalue weighted by Gasteiger charge is -2.30. The van der Waals surface area contributed by atoms with Gasteiger partial charge in [0.1, 0.15) is 6.54 Å². The average molecular weight is 172 g/mol. The first-order valence-corrected chi connectivity index (χ1v) is 3.82. The summed E-state index contributed by atoms with van der Waals surface area (Å²) in [7, 11) is 0. The normalized spacial score (nSPS) is 24.2. The van der Waals surface area contributed by atoms with Crippen molar-refractivity contribution in [2.24, 2.45) is 0 Å². The largest absolute Gasteiger partial charge is 0.480 e. The van der Waals surface area contributed by atoms with Crippen molar-refractivity contribution < 1.29 is 14.7 Å². The summed E-state index contributed by atoms with van der Waals surface area (Å²) in [5.41, 5.74) is 0. The molecule has 0 bridgehead atoms. The fourth-order valence-corrected chi connectivity index (χ4v) is 1.19. The van der Waals surface area contributed by atoms with E-state index in [1.54, 1.807) is 0 Å². The Hall–Kier alpha value is -1.10. The zero-order chi connectivity index (χ0) is 9.14. The molecule has 0 unspecified atom stereocenters. The summed E-state index contributed by atoms with van der Waals surface area (Å²) in [5.74, 6) is -1.10. The van der Waals surface area contributed by atoms with Gasteiger partial charge in [-0.3, -0.25) is 9.59 Å². The lowest BCUT2D eigenvalue weighted by atomic mass is 10.2. The third kappa shape index (κ3) is 2.20. The summed E-state index contributed by atoms with van der Waals surface area (Å²) < 4.78 is 0. The Morgan fingerprint density at radius 3 is 3.08 bits per heavy atom. The maximum atomic E-state index is 11.1. The van der Waals surface area contributed by atoms with Gasteiger partial charge in [0.25, 0.3) is 0 Å². The number of nitrogens with zero attached hydrogens (tertiary/aromatic N) is 1. The Labute approximate surface area is 70.4 Å². The third-order valence-electron chi connectivity index (χ3n) is 1.77. The summed E-state index contributed by atoms with van der Waals surface area (Å²) >= 11 is 0. The van der Waals surface area contributed by atoms with Crippen LogP contribution >= 0.6 is 0 Å². The first-order valence-electron chi connectivity index (χ1n) is 3.82. The van der Waals surface area contributed by atoms with Gasteiger partial charge in [0, 0.05) is 12.6 Å². The predicted octanol–water partition coefficient (Wildman–Crippen LogP) is -1.11. The quantitative estimate of drug-likeness (QED) is 0.554. The van der Waals surface area contributed by atoms with Gasteiger partial charge in [-0.25, -0.2) is 0 Å². The lowest BCUT2D eigenvalue weighted by Crippen LogP contribution is -2.54. The molecule has 0 radical (unpaired) electrons. The minimum atomic E-state index is -0.961. The van der Waals surface area contributed by atoms with E-state index in [0.717, 1.165) is 0 Å². The van der Waals surface area contributed by atoms with Gasteiger partial charge in [0.2, 0.25) is 5.91 Å². The van der Waals surface area contributed by atoms with Crippen molar-refractivity contribution in [2.45, 2.75) is 13.0 Å². The molecule has 1 fully saturated rings. The topological polar surface area (TPSA) is 69.6 Å². The Bertz CT molecular complexity index is 205. The number of amides is 1. The van der Waals surface area contributed by atoms with Crippen LogP contribution in [-0.4, -0.2) is 47.6 Å². The number of carbonyl (C=O) groups excluding carboxylic acids is 1. The first-order chi connectivity index (χ1) is 5.59. The van der Waals surface area contributed by atoms with Gasteiger partial charge in [-0.05, 0) is 6.92 Å². The molecular formula is C7H12N2O3. The van der Waals surface area contributed by atoms with Gasteiger partial charge < -0.3 is 15.3 Å². The molecule has 12 heavy (non-hydrogen) atoms. The second-order valence-electron chi connectivity index (χ2n) is 2.95. The zero-order valence-corrected chi connectivity index (χ0v) is 6.91. The molecule has 1 heterocycles. The van der Waals surface area contributed by atoms with Gasteiger partial charge >= 0.3 is 5.97 Å². The van der Waals surface area contributed by atoms with Crippen LogP contribution < -0.4 is 5.32 Å². The van der Waals surface area contributed by atoms with E-state index in [1.807, 2.05) is 6.92 Å². The maximum absolute atomic E-state index is 11.1. The predicted molar refractivity (Wildman–Crippen MR) is 41.7 cm³/mol. The summed E-state index contributed by atoms with van der Waals surface area (Å²) in [6.07, 6.45) is 0. The molecule has 68 valence electrons. The van der Waals surface area contributed by atoms with Gasteiger partial charge in [0.15, 0.2) is 0 Å². The fourth-order valence-electron chi connectivity index (χ4n) is 1.19. The Morgan fingerprint density at radius 1 is 1.83 bits per heavy atom. The number of piperazine rings is 1. The molecule has 1 aliphatic heterocycles. The SMILES string of the molecule is C[C@H]1CN(CC(=O)O)C(=O)CN1. The number of carboxylic acids is 1. The highest BCUT2D eigenvalue weighted by molar-refractivity contribution is 5.83. The molecule has 0 aromatic carbocycles. The Balaban J connectivity index is 2.49. The van der Waals surface area contributed by atoms with Crippen molar-refractivity contribution >= 4 is 11.9 Å². The molecule has 1 atom stereocenters. The average Bonchev–Trinajstić information content (AvgIpc) is 1.96. The van der Waals surface area contributed by atoms with Crippen molar-refractivity contribution in [3.8, 4) is 0 Å². The Kier molecular flexibility index (Phi) is 2.65. The van der Waals surface area contributed by atoms with E-state index in [9.17, 15) is 9.59 Å². The van der Waals surface area contributed by atoms with E-state index in [1.165, 1.54) is 4.90 Å². The summed E-state index contributed by atoms with van der Waals surface area (Å²) in [5, 5.41) is 11.4. The maximum Gasteiger partial charge on any atom is 0.323 e. The van der Waals surface area contributed by atoms with Crippen LogP contribution in [0.2, 0.25) is 0 Å². The molecule has 0 aliphatic carbocycles.